The Hall–Kier alpha value is -0.370. The summed E-state index contributed by atoms with van der Waals surface area (Å²) in [6.07, 6.45) is -0.0185. The number of hydrogen-bond donors (Lipinski definition) is 1. The van der Waals surface area contributed by atoms with Gasteiger partial charge in [-0.15, -0.1) is 0 Å². The summed E-state index contributed by atoms with van der Waals surface area (Å²) in [5.41, 5.74) is 0. The number of Topliss-reactive ketones (excluding diaryl/α,β-unsaturated/α-hetero) is 1. The van der Waals surface area contributed by atoms with Crippen LogP contribution in [0.3, 0.4) is 0 Å². The Morgan fingerprint density at radius 1 is 1.56 bits per heavy atom. The molecule has 2 nitrogen and oxygen atoms in total. The second-order valence-corrected chi connectivity index (χ2v) is 2.89. The van der Waals surface area contributed by atoms with Crippen molar-refractivity contribution in [1.82, 2.24) is 0 Å². The van der Waals surface area contributed by atoms with Crippen molar-refractivity contribution in [2.24, 2.45) is 11.8 Å². The quantitative estimate of drug-likeness (QED) is 0.518. The standard InChI is InChI=1S/C7H12O2/c1-4-5(2)7(9)3-6(4)8/h4-6,8H,3H2,1-2H3/t4-,5-,6?/m1/s1. The number of ketones is 1. The molecule has 0 bridgehead atoms. The van der Waals surface area contributed by atoms with Crippen molar-refractivity contribution in [2.45, 2.75) is 26.4 Å². The molecule has 0 aliphatic heterocycles. The van der Waals surface area contributed by atoms with Gasteiger partial charge in [0.1, 0.15) is 5.78 Å². The Balaban J connectivity index is 2.65. The Kier molecular flexibility index (Phi) is 1.58. The molecule has 2 heteroatoms. The average Bonchev–Trinajstić information content (AvgIpc) is 1.98. The maximum absolute atomic E-state index is 10.8. The lowest BCUT2D eigenvalue weighted by atomic mass is 9.99. The number of rotatable bonds is 0. The molecule has 52 valence electrons. The van der Waals surface area contributed by atoms with Crippen molar-refractivity contribution in [2.75, 3.05) is 0 Å². The van der Waals surface area contributed by atoms with Gasteiger partial charge in [-0.1, -0.05) is 13.8 Å². The zero-order valence-electron chi connectivity index (χ0n) is 5.79. The van der Waals surface area contributed by atoms with Crippen molar-refractivity contribution < 1.29 is 9.90 Å². The molecule has 0 amide bonds. The van der Waals surface area contributed by atoms with Crippen LogP contribution in [0.5, 0.6) is 0 Å². The molecule has 0 aromatic carbocycles. The smallest absolute Gasteiger partial charge is 0.138 e. The largest absolute Gasteiger partial charge is 0.392 e. The van der Waals surface area contributed by atoms with Gasteiger partial charge in [0.05, 0.1) is 6.10 Å². The Morgan fingerprint density at radius 2 is 2.11 bits per heavy atom. The highest BCUT2D eigenvalue weighted by Gasteiger charge is 2.34. The number of carbonyl (C=O) groups excluding carboxylic acids is 1. The van der Waals surface area contributed by atoms with E-state index < -0.39 is 0 Å². The first-order valence-corrected chi connectivity index (χ1v) is 3.33. The normalized spacial score (nSPS) is 43.9. The molecule has 1 saturated carbocycles. The number of hydrogen-bond acceptors (Lipinski definition) is 2. The van der Waals surface area contributed by atoms with Crippen molar-refractivity contribution in [3.8, 4) is 0 Å². The van der Waals surface area contributed by atoms with Gasteiger partial charge >= 0.3 is 0 Å². The van der Waals surface area contributed by atoms with Crippen LogP contribution in [0.4, 0.5) is 0 Å². The van der Waals surface area contributed by atoms with Crippen LogP contribution >= 0.6 is 0 Å². The molecule has 1 aliphatic carbocycles. The van der Waals surface area contributed by atoms with Crippen LogP contribution in [0.1, 0.15) is 20.3 Å². The highest BCUT2D eigenvalue weighted by atomic mass is 16.3. The van der Waals surface area contributed by atoms with E-state index in [1.165, 1.54) is 0 Å². The third-order valence-corrected chi connectivity index (χ3v) is 2.31. The monoisotopic (exact) mass is 128 g/mol. The SMILES string of the molecule is C[C@H]1C(=O)CC(O)[C@@H]1C. The van der Waals surface area contributed by atoms with Crippen LogP contribution in [0.25, 0.3) is 0 Å². The molecule has 3 atom stereocenters. The van der Waals surface area contributed by atoms with Crippen molar-refractivity contribution in [1.29, 1.82) is 0 Å². The van der Waals surface area contributed by atoms with Gasteiger partial charge in [0.2, 0.25) is 0 Å². The minimum Gasteiger partial charge on any atom is -0.392 e. The van der Waals surface area contributed by atoms with E-state index in [0.717, 1.165) is 0 Å². The lowest BCUT2D eigenvalue weighted by Gasteiger charge is -2.09. The Morgan fingerprint density at radius 3 is 2.22 bits per heavy atom. The molecule has 0 saturated heterocycles. The minimum atomic E-state index is -0.382. The second-order valence-electron chi connectivity index (χ2n) is 2.89. The topological polar surface area (TPSA) is 37.3 Å². The molecule has 0 aromatic rings. The fourth-order valence-corrected chi connectivity index (χ4v) is 1.20. The van der Waals surface area contributed by atoms with Crippen molar-refractivity contribution in [3.05, 3.63) is 0 Å². The molecule has 0 spiro atoms. The van der Waals surface area contributed by atoms with E-state index in [-0.39, 0.29) is 23.7 Å². The van der Waals surface area contributed by atoms with Crippen LogP contribution in [0.2, 0.25) is 0 Å². The fourth-order valence-electron chi connectivity index (χ4n) is 1.20. The summed E-state index contributed by atoms with van der Waals surface area (Å²) in [4.78, 5) is 10.8. The van der Waals surface area contributed by atoms with Crippen molar-refractivity contribution >= 4 is 5.78 Å². The maximum atomic E-state index is 10.8. The van der Waals surface area contributed by atoms with E-state index in [1.54, 1.807) is 0 Å². The zero-order chi connectivity index (χ0) is 7.02. The molecule has 1 unspecified atom stereocenters. The first-order valence-electron chi connectivity index (χ1n) is 3.33. The van der Waals surface area contributed by atoms with E-state index in [4.69, 9.17) is 5.11 Å². The molecule has 0 radical (unpaired) electrons. The lowest BCUT2D eigenvalue weighted by molar-refractivity contribution is -0.120. The molecule has 1 rings (SSSR count). The summed E-state index contributed by atoms with van der Waals surface area (Å²) in [5, 5.41) is 9.12. The Labute approximate surface area is 54.9 Å². The number of carbonyl (C=O) groups is 1. The third kappa shape index (κ3) is 0.990. The van der Waals surface area contributed by atoms with Crippen LogP contribution in [-0.2, 0) is 4.79 Å². The van der Waals surface area contributed by atoms with Gasteiger partial charge in [-0.2, -0.15) is 0 Å². The molecule has 1 fully saturated rings. The molecular weight excluding hydrogens is 116 g/mol. The summed E-state index contributed by atoms with van der Waals surface area (Å²) in [7, 11) is 0. The summed E-state index contributed by atoms with van der Waals surface area (Å²) >= 11 is 0. The first kappa shape index (κ1) is 6.75. The summed E-state index contributed by atoms with van der Waals surface area (Å²) < 4.78 is 0. The van der Waals surface area contributed by atoms with Crippen LogP contribution < -0.4 is 0 Å². The van der Waals surface area contributed by atoms with Gasteiger partial charge in [-0.05, 0) is 5.92 Å². The first-order chi connectivity index (χ1) is 4.13. The van der Waals surface area contributed by atoms with Crippen LogP contribution in [0, 0.1) is 11.8 Å². The minimum absolute atomic E-state index is 0.0694. The van der Waals surface area contributed by atoms with E-state index in [9.17, 15) is 4.79 Å². The molecule has 1 N–H and O–H groups in total. The van der Waals surface area contributed by atoms with E-state index >= 15 is 0 Å². The number of aliphatic hydroxyl groups excluding tert-OH is 1. The lowest BCUT2D eigenvalue weighted by Crippen LogP contribution is -2.13. The molecule has 0 aromatic heterocycles. The van der Waals surface area contributed by atoms with Gasteiger partial charge in [0.15, 0.2) is 0 Å². The molecule has 0 heterocycles. The second kappa shape index (κ2) is 2.10. The van der Waals surface area contributed by atoms with Gasteiger partial charge in [0.25, 0.3) is 0 Å². The van der Waals surface area contributed by atoms with E-state index in [2.05, 4.69) is 0 Å². The van der Waals surface area contributed by atoms with Crippen molar-refractivity contribution in [3.63, 3.8) is 0 Å². The zero-order valence-corrected chi connectivity index (χ0v) is 5.79. The molecular formula is C7H12O2. The van der Waals surface area contributed by atoms with Gasteiger partial charge in [0, 0.05) is 12.3 Å². The highest BCUT2D eigenvalue weighted by molar-refractivity contribution is 5.83. The summed E-state index contributed by atoms with van der Waals surface area (Å²) in [5.74, 6) is 0.437. The van der Waals surface area contributed by atoms with Gasteiger partial charge in [-0.3, -0.25) is 4.79 Å². The van der Waals surface area contributed by atoms with Crippen LogP contribution in [-0.4, -0.2) is 17.0 Å². The van der Waals surface area contributed by atoms with Crippen LogP contribution in [0.15, 0.2) is 0 Å². The molecule has 1 aliphatic rings. The predicted molar refractivity (Wildman–Crippen MR) is 34.0 cm³/mol. The maximum Gasteiger partial charge on any atom is 0.138 e. The fraction of sp³-hybridized carbons (Fsp3) is 0.857. The van der Waals surface area contributed by atoms with E-state index in [0.29, 0.717) is 6.42 Å². The summed E-state index contributed by atoms with van der Waals surface area (Å²) in [6, 6.07) is 0. The number of aliphatic hydroxyl groups is 1. The average molecular weight is 128 g/mol. The molecule has 9 heavy (non-hydrogen) atoms. The highest BCUT2D eigenvalue weighted by Crippen LogP contribution is 2.27. The predicted octanol–water partition coefficient (Wildman–Crippen LogP) is 0.592. The summed E-state index contributed by atoms with van der Waals surface area (Å²) in [6.45, 7) is 3.80. The Bertz CT molecular complexity index is 131. The van der Waals surface area contributed by atoms with E-state index in [1.807, 2.05) is 13.8 Å². The van der Waals surface area contributed by atoms with Gasteiger partial charge < -0.3 is 5.11 Å². The third-order valence-electron chi connectivity index (χ3n) is 2.31. The van der Waals surface area contributed by atoms with Gasteiger partial charge in [-0.25, -0.2) is 0 Å².